The molecule has 1 aromatic rings. The summed E-state index contributed by atoms with van der Waals surface area (Å²) < 4.78 is 10.6. The fourth-order valence-electron chi connectivity index (χ4n) is 2.79. The first-order chi connectivity index (χ1) is 10.6. The average molecular weight is 304 g/mol. The Morgan fingerprint density at radius 1 is 1.45 bits per heavy atom. The molecule has 7 heteroatoms. The molecule has 1 heterocycles. The Bertz CT molecular complexity index is 598. The molecule has 2 atom stereocenters. The van der Waals surface area contributed by atoms with E-state index in [1.54, 1.807) is 19.1 Å². The number of hydrogen-bond acceptors (Lipinski definition) is 4. The molecule has 1 aliphatic heterocycles. The predicted octanol–water partition coefficient (Wildman–Crippen LogP) is 2.92. The second kappa shape index (κ2) is 7.04. The summed E-state index contributed by atoms with van der Waals surface area (Å²) in [5.74, 6) is 1.58. The van der Waals surface area contributed by atoms with E-state index in [2.05, 4.69) is 10.0 Å². The van der Waals surface area contributed by atoms with Crippen LogP contribution in [0.4, 0.5) is 0 Å². The fourth-order valence-corrected chi connectivity index (χ4v) is 2.79. The van der Waals surface area contributed by atoms with Crippen molar-refractivity contribution in [3.8, 4) is 11.5 Å². The highest BCUT2D eigenvalue weighted by Gasteiger charge is 2.33. The number of amides is 1. The number of likely N-dealkylation sites (tertiary alicyclic amines) is 1. The third kappa shape index (κ3) is 3.26. The molecule has 1 fully saturated rings. The van der Waals surface area contributed by atoms with Crippen molar-refractivity contribution in [1.29, 1.82) is 0 Å². The van der Waals surface area contributed by atoms with Crippen LogP contribution in [0, 0.1) is 5.92 Å². The van der Waals surface area contributed by atoms with Crippen LogP contribution in [0.1, 0.15) is 24.9 Å². The maximum Gasteiger partial charge on any atom is 0.223 e. The van der Waals surface area contributed by atoms with Crippen LogP contribution >= 0.6 is 0 Å². The van der Waals surface area contributed by atoms with E-state index in [1.165, 1.54) is 0 Å². The van der Waals surface area contributed by atoms with E-state index in [0.29, 0.717) is 19.5 Å². The summed E-state index contributed by atoms with van der Waals surface area (Å²) in [5, 5.41) is 3.57. The summed E-state index contributed by atoms with van der Waals surface area (Å²) in [6.45, 7) is 2.89. The molecule has 0 aromatic heterocycles. The molecule has 118 valence electrons. The SMILES string of the molecule is COc1ccc(OC)c(C(C)N2CC(CN=[N+]=[N-])CC2=O)c1. The minimum absolute atomic E-state index is 0.0653. The van der Waals surface area contributed by atoms with Crippen molar-refractivity contribution in [3.63, 3.8) is 0 Å². The maximum atomic E-state index is 12.2. The fraction of sp³-hybridized carbons (Fsp3) is 0.533. The zero-order valence-electron chi connectivity index (χ0n) is 13.0. The van der Waals surface area contributed by atoms with Gasteiger partial charge in [-0.05, 0) is 36.6 Å². The Morgan fingerprint density at radius 3 is 2.86 bits per heavy atom. The zero-order valence-corrected chi connectivity index (χ0v) is 13.0. The summed E-state index contributed by atoms with van der Waals surface area (Å²) >= 11 is 0. The van der Waals surface area contributed by atoms with Crippen molar-refractivity contribution < 1.29 is 14.3 Å². The summed E-state index contributed by atoms with van der Waals surface area (Å²) in [6.07, 6.45) is 0.412. The summed E-state index contributed by atoms with van der Waals surface area (Å²) in [6, 6.07) is 5.42. The molecule has 0 spiro atoms. The molecule has 0 radical (unpaired) electrons. The van der Waals surface area contributed by atoms with Crippen molar-refractivity contribution in [2.24, 2.45) is 11.0 Å². The summed E-state index contributed by atoms with van der Waals surface area (Å²) in [7, 11) is 3.21. The van der Waals surface area contributed by atoms with Crippen LogP contribution in [0.15, 0.2) is 23.3 Å². The predicted molar refractivity (Wildman–Crippen MR) is 81.8 cm³/mol. The number of carbonyl (C=O) groups is 1. The van der Waals surface area contributed by atoms with E-state index < -0.39 is 0 Å². The molecule has 0 aliphatic carbocycles. The highest BCUT2D eigenvalue weighted by atomic mass is 16.5. The van der Waals surface area contributed by atoms with E-state index in [-0.39, 0.29) is 17.9 Å². The van der Waals surface area contributed by atoms with Gasteiger partial charge in [-0.2, -0.15) is 0 Å². The van der Waals surface area contributed by atoms with Gasteiger partial charge in [0.15, 0.2) is 0 Å². The number of benzene rings is 1. The molecule has 2 unspecified atom stereocenters. The van der Waals surface area contributed by atoms with Gasteiger partial charge in [0.2, 0.25) is 5.91 Å². The molecule has 1 aliphatic rings. The average Bonchev–Trinajstić information content (AvgIpc) is 2.92. The lowest BCUT2D eigenvalue weighted by Gasteiger charge is -2.26. The second-order valence-corrected chi connectivity index (χ2v) is 5.31. The van der Waals surface area contributed by atoms with Gasteiger partial charge < -0.3 is 14.4 Å². The number of ether oxygens (including phenoxy) is 2. The molecular weight excluding hydrogens is 284 g/mol. The first kappa shape index (κ1) is 16.0. The van der Waals surface area contributed by atoms with Crippen molar-refractivity contribution >= 4 is 5.91 Å². The van der Waals surface area contributed by atoms with Crippen molar-refractivity contribution in [3.05, 3.63) is 34.2 Å². The van der Waals surface area contributed by atoms with Crippen LogP contribution in [0.3, 0.4) is 0 Å². The van der Waals surface area contributed by atoms with Crippen LogP contribution in [-0.2, 0) is 4.79 Å². The first-order valence-electron chi connectivity index (χ1n) is 7.13. The number of azide groups is 1. The van der Waals surface area contributed by atoms with E-state index in [4.69, 9.17) is 15.0 Å². The van der Waals surface area contributed by atoms with Gasteiger partial charge in [0.25, 0.3) is 0 Å². The normalized spacial score (nSPS) is 18.8. The van der Waals surface area contributed by atoms with Crippen LogP contribution in [0.5, 0.6) is 11.5 Å². The molecule has 7 nitrogen and oxygen atoms in total. The van der Waals surface area contributed by atoms with Crippen LogP contribution in [-0.4, -0.2) is 38.1 Å². The zero-order chi connectivity index (χ0) is 16.1. The molecular formula is C15H20N4O3. The third-order valence-electron chi connectivity index (χ3n) is 4.00. The number of hydrogen-bond donors (Lipinski definition) is 0. The van der Waals surface area contributed by atoms with Gasteiger partial charge in [-0.1, -0.05) is 5.11 Å². The van der Waals surface area contributed by atoms with Gasteiger partial charge in [-0.15, -0.1) is 0 Å². The maximum absolute atomic E-state index is 12.2. The van der Waals surface area contributed by atoms with Crippen molar-refractivity contribution in [2.45, 2.75) is 19.4 Å². The molecule has 0 N–H and O–H groups in total. The van der Waals surface area contributed by atoms with E-state index >= 15 is 0 Å². The number of methoxy groups -OCH3 is 2. The number of carbonyl (C=O) groups excluding carboxylic acids is 1. The monoisotopic (exact) mass is 304 g/mol. The number of rotatable bonds is 6. The Morgan fingerprint density at radius 2 is 2.23 bits per heavy atom. The Kier molecular flexibility index (Phi) is 5.12. The largest absolute Gasteiger partial charge is 0.497 e. The van der Waals surface area contributed by atoms with Crippen molar-refractivity contribution in [2.75, 3.05) is 27.3 Å². The van der Waals surface area contributed by atoms with Gasteiger partial charge >= 0.3 is 0 Å². The van der Waals surface area contributed by atoms with Gasteiger partial charge in [-0.25, -0.2) is 0 Å². The molecule has 0 saturated carbocycles. The lowest BCUT2D eigenvalue weighted by Crippen LogP contribution is -2.29. The van der Waals surface area contributed by atoms with E-state index in [0.717, 1.165) is 17.1 Å². The van der Waals surface area contributed by atoms with Crippen LogP contribution in [0.2, 0.25) is 0 Å². The van der Waals surface area contributed by atoms with Crippen LogP contribution in [0.25, 0.3) is 10.4 Å². The Labute approximate surface area is 129 Å². The number of nitrogens with zero attached hydrogens (tertiary/aromatic N) is 4. The second-order valence-electron chi connectivity index (χ2n) is 5.31. The van der Waals surface area contributed by atoms with E-state index in [9.17, 15) is 4.79 Å². The standard InChI is InChI=1S/C15H20N4O3/c1-10(13-7-12(21-2)4-5-14(13)22-3)19-9-11(6-15(19)20)8-17-18-16/h4-5,7,10-11H,6,8-9H2,1-3H3. The minimum Gasteiger partial charge on any atom is -0.497 e. The van der Waals surface area contributed by atoms with E-state index in [1.807, 2.05) is 25.1 Å². The highest BCUT2D eigenvalue weighted by molar-refractivity contribution is 5.79. The van der Waals surface area contributed by atoms with Gasteiger partial charge in [0.05, 0.1) is 20.3 Å². The Hall–Kier alpha value is -2.40. The highest BCUT2D eigenvalue weighted by Crippen LogP contribution is 2.35. The lowest BCUT2D eigenvalue weighted by atomic mass is 10.1. The topological polar surface area (TPSA) is 87.5 Å². The molecule has 1 saturated heterocycles. The first-order valence-corrected chi connectivity index (χ1v) is 7.13. The molecule has 1 amide bonds. The van der Waals surface area contributed by atoms with Gasteiger partial charge in [-0.3, -0.25) is 4.79 Å². The smallest absolute Gasteiger partial charge is 0.223 e. The quantitative estimate of drug-likeness (QED) is 0.460. The third-order valence-corrected chi connectivity index (χ3v) is 4.00. The molecule has 22 heavy (non-hydrogen) atoms. The minimum atomic E-state index is -0.131. The molecule has 0 bridgehead atoms. The Balaban J connectivity index is 2.22. The van der Waals surface area contributed by atoms with Crippen molar-refractivity contribution in [1.82, 2.24) is 4.90 Å². The summed E-state index contributed by atoms with van der Waals surface area (Å²) in [4.78, 5) is 16.8. The summed E-state index contributed by atoms with van der Waals surface area (Å²) in [5.41, 5.74) is 9.30. The molecule has 2 rings (SSSR count). The lowest BCUT2D eigenvalue weighted by molar-refractivity contribution is -0.129. The molecule has 1 aromatic carbocycles. The van der Waals surface area contributed by atoms with Crippen LogP contribution < -0.4 is 9.47 Å². The van der Waals surface area contributed by atoms with Gasteiger partial charge in [0.1, 0.15) is 11.5 Å². The van der Waals surface area contributed by atoms with Gasteiger partial charge in [0, 0.05) is 30.0 Å².